The quantitative estimate of drug-likeness (QED) is 0.547. The minimum absolute atomic E-state index is 0.0266. The highest BCUT2D eigenvalue weighted by Gasteiger charge is 2.25. The van der Waals surface area contributed by atoms with E-state index in [4.69, 9.17) is 19.2 Å². The molecule has 1 aromatic carbocycles. The zero-order valence-electron chi connectivity index (χ0n) is 20.7. The molecule has 8 nitrogen and oxygen atoms in total. The van der Waals surface area contributed by atoms with Gasteiger partial charge in [-0.25, -0.2) is 4.98 Å². The number of hydrogen-bond acceptors (Lipinski definition) is 8. The van der Waals surface area contributed by atoms with E-state index in [0.717, 1.165) is 10.9 Å². The number of carbonyl (C=O) groups is 1. The summed E-state index contributed by atoms with van der Waals surface area (Å²) in [5.41, 5.74) is 2.37. The second-order valence-corrected chi connectivity index (χ2v) is 10.9. The largest absolute Gasteiger partial charge is 0.508 e. The fourth-order valence-corrected chi connectivity index (χ4v) is 4.23. The van der Waals surface area contributed by atoms with Gasteiger partial charge in [0.1, 0.15) is 11.4 Å². The fourth-order valence-electron chi connectivity index (χ4n) is 3.24. The van der Waals surface area contributed by atoms with Gasteiger partial charge in [-0.15, -0.1) is 11.3 Å². The summed E-state index contributed by atoms with van der Waals surface area (Å²) in [7, 11) is 0. The molecule has 3 rings (SSSR count). The Hall–Kier alpha value is -3.64. The normalized spacial score (nSPS) is 10.7. The third-order valence-corrected chi connectivity index (χ3v) is 6.02. The van der Waals surface area contributed by atoms with E-state index < -0.39 is 0 Å². The summed E-state index contributed by atoms with van der Waals surface area (Å²) in [6.07, 6.45) is 0.500. The summed E-state index contributed by atoms with van der Waals surface area (Å²) < 4.78 is 0. The van der Waals surface area contributed by atoms with E-state index in [1.54, 1.807) is 35.6 Å². The van der Waals surface area contributed by atoms with Crippen molar-refractivity contribution in [1.82, 2.24) is 9.88 Å². The molecule has 0 saturated heterocycles. The molecule has 0 bridgehead atoms. The number of pyridine rings is 1. The lowest BCUT2D eigenvalue weighted by molar-refractivity contribution is -0.193. The molecule has 3 aromatic rings. The number of phenols is 1. The predicted octanol–water partition coefficient (Wildman–Crippen LogP) is 4.82. The van der Waals surface area contributed by atoms with Crippen molar-refractivity contribution in [3.8, 4) is 5.75 Å². The molecule has 0 fully saturated rings. The standard InChI is InChI=1S/C24H30N2O2S.2CO2/c1-23(2,3)15-26(13-16-11-21(29-14-16)24(4,5)6)22(28)20-9-7-17-12-18(27)8-10-19(17)25-20;2*2-1-3/h7-12,14,27H,13,15H2,1-6H3;;. The third-order valence-electron chi connectivity index (χ3n) is 4.61. The van der Waals surface area contributed by atoms with Crippen molar-refractivity contribution in [3.63, 3.8) is 0 Å². The number of aromatic nitrogens is 1. The smallest absolute Gasteiger partial charge is 0.373 e. The van der Waals surface area contributed by atoms with Crippen LogP contribution in [0.1, 0.15) is 62.5 Å². The highest BCUT2D eigenvalue weighted by molar-refractivity contribution is 7.10. The Balaban J connectivity index is 0.000000926. The molecule has 0 aliphatic carbocycles. The zero-order valence-corrected chi connectivity index (χ0v) is 21.6. The predicted molar refractivity (Wildman–Crippen MR) is 131 cm³/mol. The number of hydrogen-bond donors (Lipinski definition) is 1. The monoisotopic (exact) mass is 498 g/mol. The number of nitrogens with zero attached hydrogens (tertiary/aromatic N) is 2. The maximum Gasteiger partial charge on any atom is 0.373 e. The van der Waals surface area contributed by atoms with Gasteiger partial charge in [0.05, 0.1) is 5.52 Å². The highest BCUT2D eigenvalue weighted by atomic mass is 32.1. The average Bonchev–Trinajstić information content (AvgIpc) is 3.22. The van der Waals surface area contributed by atoms with E-state index in [9.17, 15) is 9.90 Å². The molecular formula is C26H30N2O6S. The topological polar surface area (TPSA) is 122 Å². The van der Waals surface area contributed by atoms with Gasteiger partial charge < -0.3 is 10.0 Å². The van der Waals surface area contributed by atoms with Crippen molar-refractivity contribution >= 4 is 40.4 Å². The van der Waals surface area contributed by atoms with Crippen LogP contribution in [0.5, 0.6) is 5.75 Å². The van der Waals surface area contributed by atoms with Crippen molar-refractivity contribution in [2.24, 2.45) is 5.41 Å². The highest BCUT2D eigenvalue weighted by Crippen LogP contribution is 2.30. The molecule has 2 aromatic heterocycles. The van der Waals surface area contributed by atoms with Gasteiger partial charge in [0.25, 0.3) is 5.91 Å². The molecule has 186 valence electrons. The molecule has 0 aliphatic heterocycles. The van der Waals surface area contributed by atoms with Crippen molar-refractivity contribution < 1.29 is 29.1 Å². The van der Waals surface area contributed by atoms with Crippen molar-refractivity contribution in [1.29, 1.82) is 0 Å². The van der Waals surface area contributed by atoms with Gasteiger partial charge in [0.2, 0.25) is 0 Å². The Morgan fingerprint density at radius 3 is 2.09 bits per heavy atom. The van der Waals surface area contributed by atoms with E-state index in [0.29, 0.717) is 24.3 Å². The molecule has 1 N–H and O–H groups in total. The number of thiophene rings is 1. The van der Waals surface area contributed by atoms with Crippen LogP contribution in [0.3, 0.4) is 0 Å². The van der Waals surface area contributed by atoms with Crippen LogP contribution >= 0.6 is 11.3 Å². The van der Waals surface area contributed by atoms with Crippen LogP contribution in [0.25, 0.3) is 10.9 Å². The summed E-state index contributed by atoms with van der Waals surface area (Å²) in [5.74, 6) is 0.123. The maximum atomic E-state index is 13.4. The lowest BCUT2D eigenvalue weighted by Crippen LogP contribution is -2.37. The number of phenolic OH excluding ortho intramolecular Hbond substituents is 1. The van der Waals surface area contributed by atoms with Gasteiger partial charge in [-0.2, -0.15) is 19.2 Å². The van der Waals surface area contributed by atoms with Crippen molar-refractivity contribution in [2.75, 3.05) is 6.54 Å². The minimum Gasteiger partial charge on any atom is -0.508 e. The number of amides is 1. The molecule has 0 saturated carbocycles. The first kappa shape index (κ1) is 29.4. The first-order valence-electron chi connectivity index (χ1n) is 10.7. The van der Waals surface area contributed by atoms with E-state index in [1.807, 2.05) is 11.0 Å². The molecule has 0 spiro atoms. The van der Waals surface area contributed by atoms with E-state index >= 15 is 0 Å². The number of benzene rings is 1. The summed E-state index contributed by atoms with van der Waals surface area (Å²) in [4.78, 5) is 53.6. The third kappa shape index (κ3) is 9.63. The van der Waals surface area contributed by atoms with E-state index in [2.05, 4.69) is 58.0 Å². The molecule has 0 atom stereocenters. The molecule has 0 aliphatic rings. The van der Waals surface area contributed by atoms with Crippen LogP contribution in [-0.4, -0.2) is 39.7 Å². The van der Waals surface area contributed by atoms with Crippen LogP contribution < -0.4 is 0 Å². The Kier molecular flexibility index (Phi) is 10.7. The Morgan fingerprint density at radius 1 is 0.971 bits per heavy atom. The van der Waals surface area contributed by atoms with Gasteiger partial charge in [0.15, 0.2) is 0 Å². The lowest BCUT2D eigenvalue weighted by Gasteiger charge is -2.30. The van der Waals surface area contributed by atoms with E-state index in [-0.39, 0.29) is 34.8 Å². The van der Waals surface area contributed by atoms with Crippen LogP contribution in [0, 0.1) is 5.41 Å². The van der Waals surface area contributed by atoms with Gasteiger partial charge in [-0.1, -0.05) is 47.6 Å². The lowest BCUT2D eigenvalue weighted by atomic mass is 9.94. The van der Waals surface area contributed by atoms with Crippen molar-refractivity contribution in [2.45, 2.75) is 53.5 Å². The van der Waals surface area contributed by atoms with Crippen LogP contribution in [-0.2, 0) is 31.1 Å². The van der Waals surface area contributed by atoms with Crippen LogP contribution in [0.2, 0.25) is 0 Å². The number of fused-ring (bicyclic) bond motifs is 1. The molecule has 35 heavy (non-hydrogen) atoms. The molecule has 1 amide bonds. The number of aromatic hydroxyl groups is 1. The fraction of sp³-hybridized carbons (Fsp3) is 0.385. The van der Waals surface area contributed by atoms with Gasteiger partial charge in [0, 0.05) is 23.4 Å². The zero-order chi connectivity index (χ0) is 26.8. The minimum atomic E-state index is -0.0709. The van der Waals surface area contributed by atoms with Gasteiger partial charge in [-0.05, 0) is 52.1 Å². The Bertz CT molecular complexity index is 1200. The Morgan fingerprint density at radius 2 is 1.57 bits per heavy atom. The van der Waals surface area contributed by atoms with Gasteiger partial charge >= 0.3 is 12.3 Å². The van der Waals surface area contributed by atoms with Crippen LogP contribution in [0.15, 0.2) is 41.8 Å². The summed E-state index contributed by atoms with van der Waals surface area (Å²) in [5, 5.41) is 12.6. The molecule has 2 heterocycles. The number of rotatable bonds is 4. The molecule has 0 radical (unpaired) electrons. The van der Waals surface area contributed by atoms with Crippen molar-refractivity contribution in [3.05, 3.63) is 57.9 Å². The molecular weight excluding hydrogens is 468 g/mol. The first-order valence-corrected chi connectivity index (χ1v) is 11.6. The summed E-state index contributed by atoms with van der Waals surface area (Å²) >= 11 is 1.75. The first-order chi connectivity index (χ1) is 16.2. The SMILES string of the molecule is CC(C)(C)CN(Cc1csc(C(C)(C)C)c1)C(=O)c1ccc2cc(O)ccc2n1.O=C=O.O=C=O. The molecule has 9 heteroatoms. The van der Waals surface area contributed by atoms with Gasteiger partial charge in [-0.3, -0.25) is 4.79 Å². The summed E-state index contributed by atoms with van der Waals surface area (Å²) in [6.45, 7) is 14.2. The summed E-state index contributed by atoms with van der Waals surface area (Å²) in [6, 6.07) is 10.8. The molecule has 0 unspecified atom stereocenters. The van der Waals surface area contributed by atoms with E-state index in [1.165, 1.54) is 4.88 Å². The Labute approximate surface area is 208 Å². The number of carbonyl (C=O) groups excluding carboxylic acids is 5. The maximum absolute atomic E-state index is 13.4. The average molecular weight is 499 g/mol. The second-order valence-electron chi connectivity index (χ2n) is 10.0. The van der Waals surface area contributed by atoms with Crippen LogP contribution in [0.4, 0.5) is 0 Å². The second kappa shape index (κ2) is 12.7.